The van der Waals surface area contributed by atoms with Gasteiger partial charge in [0.25, 0.3) is 0 Å². The first-order chi connectivity index (χ1) is 5.16. The van der Waals surface area contributed by atoms with Crippen molar-refractivity contribution >= 4 is 5.97 Å². The Hall–Kier alpha value is -0.610. The van der Waals surface area contributed by atoms with Crippen LogP contribution in [0.15, 0.2) is 0 Å². The molecule has 1 atom stereocenters. The average Bonchev–Trinajstić information content (AvgIpc) is 1.97. The summed E-state index contributed by atoms with van der Waals surface area (Å²) in [5.41, 5.74) is 0. The molecule has 0 aliphatic carbocycles. The molecule has 0 amide bonds. The van der Waals surface area contributed by atoms with Gasteiger partial charge in [-0.05, 0) is 13.3 Å². The van der Waals surface area contributed by atoms with Crippen LogP contribution in [0.1, 0.15) is 19.8 Å². The Balaban J connectivity index is 3.22. The Morgan fingerprint density at radius 2 is 2.27 bits per heavy atom. The van der Waals surface area contributed by atoms with Crippen molar-refractivity contribution in [3.05, 3.63) is 0 Å². The minimum Gasteiger partial charge on any atom is -0.481 e. The van der Waals surface area contributed by atoms with E-state index in [0.717, 1.165) is 0 Å². The lowest BCUT2D eigenvalue weighted by atomic mass is 10.2. The fourth-order valence-electron chi connectivity index (χ4n) is 0.664. The maximum absolute atomic E-state index is 10.1. The number of aliphatic hydroxyl groups is 1. The van der Waals surface area contributed by atoms with Crippen LogP contribution >= 0.6 is 0 Å². The standard InChI is InChI=1S/C7H14O4/c1-6(11-5-4-8)2-3-7(9)10/h6,8H,2-5H2,1H3,(H,9,10). The van der Waals surface area contributed by atoms with Gasteiger partial charge < -0.3 is 14.9 Å². The molecule has 4 nitrogen and oxygen atoms in total. The van der Waals surface area contributed by atoms with E-state index in [-0.39, 0.29) is 25.7 Å². The number of carbonyl (C=O) groups is 1. The van der Waals surface area contributed by atoms with Crippen LogP contribution in [0.2, 0.25) is 0 Å². The Kier molecular flexibility index (Phi) is 5.78. The largest absolute Gasteiger partial charge is 0.481 e. The number of hydrogen-bond acceptors (Lipinski definition) is 3. The van der Waals surface area contributed by atoms with E-state index in [2.05, 4.69) is 0 Å². The van der Waals surface area contributed by atoms with E-state index in [9.17, 15) is 4.79 Å². The third-order valence-electron chi connectivity index (χ3n) is 1.26. The highest BCUT2D eigenvalue weighted by Crippen LogP contribution is 2.00. The lowest BCUT2D eigenvalue weighted by Crippen LogP contribution is -2.12. The monoisotopic (exact) mass is 162 g/mol. The molecular weight excluding hydrogens is 148 g/mol. The van der Waals surface area contributed by atoms with E-state index in [1.807, 2.05) is 0 Å². The maximum Gasteiger partial charge on any atom is 0.303 e. The van der Waals surface area contributed by atoms with Crippen molar-refractivity contribution in [1.82, 2.24) is 0 Å². The van der Waals surface area contributed by atoms with Crippen molar-refractivity contribution in [2.24, 2.45) is 0 Å². The normalized spacial score (nSPS) is 12.9. The summed E-state index contributed by atoms with van der Waals surface area (Å²) in [7, 11) is 0. The fraction of sp³-hybridized carbons (Fsp3) is 0.857. The van der Waals surface area contributed by atoms with Gasteiger partial charge in [0.1, 0.15) is 0 Å². The zero-order chi connectivity index (χ0) is 8.69. The molecule has 1 unspecified atom stereocenters. The highest BCUT2D eigenvalue weighted by molar-refractivity contribution is 5.66. The quantitative estimate of drug-likeness (QED) is 0.587. The Labute approximate surface area is 65.8 Å². The van der Waals surface area contributed by atoms with E-state index in [1.165, 1.54) is 0 Å². The zero-order valence-electron chi connectivity index (χ0n) is 6.62. The van der Waals surface area contributed by atoms with Crippen molar-refractivity contribution in [1.29, 1.82) is 0 Å². The molecule has 66 valence electrons. The van der Waals surface area contributed by atoms with Gasteiger partial charge in [0.15, 0.2) is 0 Å². The van der Waals surface area contributed by atoms with E-state index in [4.69, 9.17) is 14.9 Å². The number of aliphatic hydroxyl groups excluding tert-OH is 1. The third-order valence-corrected chi connectivity index (χ3v) is 1.26. The van der Waals surface area contributed by atoms with Gasteiger partial charge >= 0.3 is 5.97 Å². The van der Waals surface area contributed by atoms with Gasteiger partial charge in [0.05, 0.1) is 19.3 Å². The first-order valence-electron chi connectivity index (χ1n) is 3.61. The molecular formula is C7H14O4. The summed E-state index contributed by atoms with van der Waals surface area (Å²) in [5, 5.41) is 16.6. The topological polar surface area (TPSA) is 66.8 Å². The van der Waals surface area contributed by atoms with Crippen molar-refractivity contribution in [3.8, 4) is 0 Å². The van der Waals surface area contributed by atoms with Gasteiger partial charge in [-0.15, -0.1) is 0 Å². The number of rotatable bonds is 6. The van der Waals surface area contributed by atoms with Crippen molar-refractivity contribution < 1.29 is 19.7 Å². The van der Waals surface area contributed by atoms with Crippen LogP contribution in [0, 0.1) is 0 Å². The second-order valence-corrected chi connectivity index (χ2v) is 2.34. The minimum absolute atomic E-state index is 0.0165. The molecule has 0 spiro atoms. The minimum atomic E-state index is -0.815. The molecule has 0 saturated heterocycles. The summed E-state index contributed by atoms with van der Waals surface area (Å²) in [5.74, 6) is -0.815. The lowest BCUT2D eigenvalue weighted by Gasteiger charge is -2.09. The predicted octanol–water partition coefficient (Wildman–Crippen LogP) is 0.249. The fourth-order valence-corrected chi connectivity index (χ4v) is 0.664. The number of carboxylic acids is 1. The van der Waals surface area contributed by atoms with Crippen LogP contribution < -0.4 is 0 Å². The first-order valence-corrected chi connectivity index (χ1v) is 3.61. The highest BCUT2D eigenvalue weighted by Gasteiger charge is 2.04. The molecule has 0 aliphatic rings. The molecule has 0 aromatic heterocycles. The summed E-state index contributed by atoms with van der Waals surface area (Å²) in [6.45, 7) is 2.05. The summed E-state index contributed by atoms with van der Waals surface area (Å²) in [6, 6.07) is 0. The summed E-state index contributed by atoms with van der Waals surface area (Å²) in [4.78, 5) is 10.1. The Morgan fingerprint density at radius 3 is 2.73 bits per heavy atom. The van der Waals surface area contributed by atoms with Crippen molar-refractivity contribution in [3.63, 3.8) is 0 Å². The van der Waals surface area contributed by atoms with Crippen molar-refractivity contribution in [2.75, 3.05) is 13.2 Å². The van der Waals surface area contributed by atoms with Crippen LogP contribution in [0.25, 0.3) is 0 Å². The number of ether oxygens (including phenoxy) is 1. The van der Waals surface area contributed by atoms with E-state index >= 15 is 0 Å². The molecule has 0 aromatic carbocycles. The Morgan fingerprint density at radius 1 is 1.64 bits per heavy atom. The van der Waals surface area contributed by atoms with Crippen LogP contribution in [0.3, 0.4) is 0 Å². The van der Waals surface area contributed by atoms with Gasteiger partial charge in [-0.1, -0.05) is 0 Å². The highest BCUT2D eigenvalue weighted by atomic mass is 16.5. The lowest BCUT2D eigenvalue weighted by molar-refractivity contribution is -0.137. The molecule has 0 aromatic rings. The number of carboxylic acid groups (broad SMARTS) is 1. The Bertz CT molecular complexity index is 113. The van der Waals surface area contributed by atoms with Gasteiger partial charge in [-0.3, -0.25) is 4.79 Å². The van der Waals surface area contributed by atoms with Crippen LogP contribution in [0.5, 0.6) is 0 Å². The molecule has 0 aliphatic heterocycles. The molecule has 0 bridgehead atoms. The van der Waals surface area contributed by atoms with Gasteiger partial charge in [0.2, 0.25) is 0 Å². The average molecular weight is 162 g/mol. The predicted molar refractivity (Wildman–Crippen MR) is 39.4 cm³/mol. The molecule has 0 rings (SSSR count). The summed E-state index contributed by atoms with van der Waals surface area (Å²) in [6.07, 6.45) is 0.528. The van der Waals surface area contributed by atoms with Crippen LogP contribution in [0.4, 0.5) is 0 Å². The summed E-state index contributed by atoms with van der Waals surface area (Å²) < 4.78 is 5.03. The van der Waals surface area contributed by atoms with E-state index in [0.29, 0.717) is 6.42 Å². The molecule has 4 heteroatoms. The van der Waals surface area contributed by atoms with E-state index in [1.54, 1.807) is 6.92 Å². The SMILES string of the molecule is CC(CCC(=O)O)OCCO. The van der Waals surface area contributed by atoms with Gasteiger partial charge in [-0.2, -0.15) is 0 Å². The zero-order valence-corrected chi connectivity index (χ0v) is 6.62. The first kappa shape index (κ1) is 10.4. The van der Waals surface area contributed by atoms with Crippen LogP contribution in [-0.2, 0) is 9.53 Å². The second-order valence-electron chi connectivity index (χ2n) is 2.34. The number of aliphatic carboxylic acids is 1. The van der Waals surface area contributed by atoms with Gasteiger partial charge in [0, 0.05) is 6.42 Å². The molecule has 2 N–H and O–H groups in total. The third kappa shape index (κ3) is 7.29. The van der Waals surface area contributed by atoms with Crippen LogP contribution in [-0.4, -0.2) is 35.5 Å². The molecule has 0 saturated carbocycles. The van der Waals surface area contributed by atoms with Gasteiger partial charge in [-0.25, -0.2) is 0 Å². The second kappa shape index (κ2) is 6.12. The smallest absolute Gasteiger partial charge is 0.303 e. The molecule has 0 heterocycles. The number of hydrogen-bond donors (Lipinski definition) is 2. The maximum atomic E-state index is 10.1. The molecule has 0 fully saturated rings. The van der Waals surface area contributed by atoms with Crippen molar-refractivity contribution in [2.45, 2.75) is 25.9 Å². The molecule has 11 heavy (non-hydrogen) atoms. The van der Waals surface area contributed by atoms with E-state index < -0.39 is 5.97 Å². The summed E-state index contributed by atoms with van der Waals surface area (Å²) >= 11 is 0. The molecule has 0 radical (unpaired) electrons.